The summed E-state index contributed by atoms with van der Waals surface area (Å²) in [7, 11) is 1.63. The molecule has 2 aromatic carbocycles. The summed E-state index contributed by atoms with van der Waals surface area (Å²) in [4.78, 5) is 0. The molecule has 3 rings (SSSR count). The first-order chi connectivity index (χ1) is 14.1. The standard InChI is InChI=1S/C22H28N2O5/c1-29-19-8-6-16(7-9-19)21-10-17-4-2-3-5-20(17)24(21)12-18(28)11-23-22(13-25,14-26)15-27/h2-10,18,23,25-28H,11-15H2,1H3/t18-/m1/s1. The number of aliphatic hydroxyl groups is 4. The lowest BCUT2D eigenvalue weighted by atomic mass is 10.0. The second-order valence-electron chi connectivity index (χ2n) is 7.22. The molecule has 0 aliphatic heterocycles. The van der Waals surface area contributed by atoms with Gasteiger partial charge in [0.25, 0.3) is 0 Å². The monoisotopic (exact) mass is 400 g/mol. The number of methoxy groups -OCH3 is 1. The van der Waals surface area contributed by atoms with E-state index in [0.717, 1.165) is 27.9 Å². The van der Waals surface area contributed by atoms with Crippen molar-refractivity contribution in [3.05, 3.63) is 54.6 Å². The van der Waals surface area contributed by atoms with Gasteiger partial charge in [-0.05, 0) is 42.0 Å². The zero-order chi connectivity index (χ0) is 20.9. The summed E-state index contributed by atoms with van der Waals surface area (Å²) in [6.07, 6.45) is -0.799. The van der Waals surface area contributed by atoms with Crippen LogP contribution in [0.25, 0.3) is 22.2 Å². The minimum Gasteiger partial charge on any atom is -0.497 e. The van der Waals surface area contributed by atoms with E-state index in [1.807, 2.05) is 53.1 Å². The summed E-state index contributed by atoms with van der Waals surface area (Å²) >= 11 is 0. The van der Waals surface area contributed by atoms with Gasteiger partial charge < -0.3 is 35.0 Å². The smallest absolute Gasteiger partial charge is 0.118 e. The number of β-amino-alcohol motifs (C(OH)–C–C–N with tert-alkyl or cyclic N) is 1. The molecule has 7 nitrogen and oxygen atoms in total. The Morgan fingerprint density at radius 3 is 2.28 bits per heavy atom. The summed E-state index contributed by atoms with van der Waals surface area (Å²) < 4.78 is 7.28. The van der Waals surface area contributed by atoms with Crippen LogP contribution >= 0.6 is 0 Å². The molecule has 156 valence electrons. The maximum absolute atomic E-state index is 10.6. The van der Waals surface area contributed by atoms with Crippen LogP contribution in [0.1, 0.15) is 0 Å². The number of hydrogen-bond donors (Lipinski definition) is 5. The zero-order valence-electron chi connectivity index (χ0n) is 16.5. The van der Waals surface area contributed by atoms with Crippen LogP contribution in [0.3, 0.4) is 0 Å². The van der Waals surface area contributed by atoms with Crippen LogP contribution in [0.4, 0.5) is 0 Å². The number of nitrogens with one attached hydrogen (secondary N) is 1. The van der Waals surface area contributed by atoms with Gasteiger partial charge in [-0.15, -0.1) is 0 Å². The third kappa shape index (κ3) is 4.60. The molecule has 1 heterocycles. The van der Waals surface area contributed by atoms with Gasteiger partial charge in [-0.3, -0.25) is 0 Å². The molecule has 0 aliphatic rings. The van der Waals surface area contributed by atoms with E-state index < -0.39 is 31.5 Å². The lowest BCUT2D eigenvalue weighted by Crippen LogP contribution is -2.56. The van der Waals surface area contributed by atoms with Gasteiger partial charge in [0, 0.05) is 23.1 Å². The number of hydrogen-bond acceptors (Lipinski definition) is 6. The SMILES string of the molecule is COc1ccc(-c2cc3ccccc3n2C[C@H](O)CNC(CO)(CO)CO)cc1. The Labute approximate surface area is 169 Å². The summed E-state index contributed by atoms with van der Waals surface area (Å²) in [5.74, 6) is 0.772. The number of para-hydroxylation sites is 1. The zero-order valence-corrected chi connectivity index (χ0v) is 16.5. The van der Waals surface area contributed by atoms with Crippen LogP contribution in [0.15, 0.2) is 54.6 Å². The molecule has 0 bridgehead atoms. The van der Waals surface area contributed by atoms with Gasteiger partial charge in [0.05, 0.1) is 45.1 Å². The van der Waals surface area contributed by atoms with Crippen LogP contribution in [-0.4, -0.2) is 70.1 Å². The van der Waals surface area contributed by atoms with Gasteiger partial charge in [-0.1, -0.05) is 18.2 Å². The van der Waals surface area contributed by atoms with E-state index in [4.69, 9.17) is 4.74 Å². The van der Waals surface area contributed by atoms with Gasteiger partial charge in [0.2, 0.25) is 0 Å². The Balaban J connectivity index is 1.87. The molecule has 0 saturated carbocycles. The number of aromatic nitrogens is 1. The number of nitrogens with zero attached hydrogens (tertiary/aromatic N) is 1. The molecule has 0 spiro atoms. The molecule has 0 saturated heterocycles. The third-order valence-electron chi connectivity index (χ3n) is 5.21. The maximum Gasteiger partial charge on any atom is 0.118 e. The number of benzene rings is 2. The summed E-state index contributed by atoms with van der Waals surface area (Å²) in [5.41, 5.74) is 1.73. The average molecular weight is 400 g/mol. The van der Waals surface area contributed by atoms with Crippen molar-refractivity contribution in [2.45, 2.75) is 18.2 Å². The molecule has 0 radical (unpaired) electrons. The maximum atomic E-state index is 10.6. The molecule has 29 heavy (non-hydrogen) atoms. The Morgan fingerprint density at radius 2 is 1.66 bits per heavy atom. The molecule has 3 aromatic rings. The Morgan fingerprint density at radius 1 is 1.00 bits per heavy atom. The second kappa shape index (κ2) is 9.39. The van der Waals surface area contributed by atoms with Crippen molar-refractivity contribution in [1.29, 1.82) is 0 Å². The first kappa shape index (κ1) is 21.3. The van der Waals surface area contributed by atoms with Gasteiger partial charge in [-0.2, -0.15) is 0 Å². The predicted octanol–water partition coefficient (Wildman–Crippen LogP) is 0.983. The quantitative estimate of drug-likeness (QED) is 0.347. The Kier molecular flexibility index (Phi) is 6.89. The lowest BCUT2D eigenvalue weighted by molar-refractivity contribution is 0.0308. The fraction of sp³-hybridized carbons (Fsp3) is 0.364. The van der Waals surface area contributed by atoms with Crippen LogP contribution in [-0.2, 0) is 6.54 Å². The molecule has 1 aromatic heterocycles. The molecule has 0 unspecified atom stereocenters. The highest BCUT2D eigenvalue weighted by molar-refractivity contribution is 5.87. The molecule has 0 aliphatic carbocycles. The van der Waals surface area contributed by atoms with Crippen LogP contribution in [0, 0.1) is 0 Å². The summed E-state index contributed by atoms with van der Waals surface area (Å²) in [6.45, 7) is -0.890. The second-order valence-corrected chi connectivity index (χ2v) is 7.22. The van der Waals surface area contributed by atoms with Gasteiger partial charge in [0.15, 0.2) is 0 Å². The highest BCUT2D eigenvalue weighted by atomic mass is 16.5. The Hall–Kier alpha value is -2.42. The highest BCUT2D eigenvalue weighted by Gasteiger charge is 2.28. The van der Waals surface area contributed by atoms with Crippen molar-refractivity contribution in [2.75, 3.05) is 33.5 Å². The van der Waals surface area contributed by atoms with Gasteiger partial charge >= 0.3 is 0 Å². The van der Waals surface area contributed by atoms with E-state index in [-0.39, 0.29) is 6.54 Å². The van der Waals surface area contributed by atoms with Crippen molar-refractivity contribution in [2.24, 2.45) is 0 Å². The topological polar surface area (TPSA) is 107 Å². The fourth-order valence-corrected chi connectivity index (χ4v) is 3.34. The number of aliphatic hydroxyl groups excluding tert-OH is 4. The van der Waals surface area contributed by atoms with E-state index in [9.17, 15) is 20.4 Å². The first-order valence-electron chi connectivity index (χ1n) is 9.54. The predicted molar refractivity (Wildman–Crippen MR) is 112 cm³/mol. The van der Waals surface area contributed by atoms with Crippen molar-refractivity contribution in [1.82, 2.24) is 9.88 Å². The van der Waals surface area contributed by atoms with E-state index >= 15 is 0 Å². The van der Waals surface area contributed by atoms with E-state index in [0.29, 0.717) is 6.54 Å². The minimum atomic E-state index is -1.22. The fourth-order valence-electron chi connectivity index (χ4n) is 3.34. The summed E-state index contributed by atoms with van der Waals surface area (Å²) in [5, 5.41) is 42.9. The third-order valence-corrected chi connectivity index (χ3v) is 5.21. The van der Waals surface area contributed by atoms with Crippen LogP contribution in [0.2, 0.25) is 0 Å². The van der Waals surface area contributed by atoms with Gasteiger partial charge in [0.1, 0.15) is 5.75 Å². The summed E-state index contributed by atoms with van der Waals surface area (Å²) in [6, 6.07) is 17.8. The molecule has 1 atom stereocenters. The number of fused-ring (bicyclic) bond motifs is 1. The normalized spacial score (nSPS) is 13.0. The molecule has 0 fully saturated rings. The molecule has 5 N–H and O–H groups in total. The molecular formula is C22H28N2O5. The average Bonchev–Trinajstić information content (AvgIpc) is 3.13. The lowest BCUT2D eigenvalue weighted by Gasteiger charge is -2.30. The highest BCUT2D eigenvalue weighted by Crippen LogP contribution is 2.29. The Bertz CT molecular complexity index is 910. The molecular weight excluding hydrogens is 372 g/mol. The van der Waals surface area contributed by atoms with Crippen LogP contribution < -0.4 is 10.1 Å². The van der Waals surface area contributed by atoms with E-state index in [1.165, 1.54) is 0 Å². The molecule has 0 amide bonds. The minimum absolute atomic E-state index is 0.107. The van der Waals surface area contributed by atoms with Crippen molar-refractivity contribution >= 4 is 10.9 Å². The number of rotatable bonds is 10. The van der Waals surface area contributed by atoms with E-state index in [1.54, 1.807) is 7.11 Å². The van der Waals surface area contributed by atoms with E-state index in [2.05, 4.69) is 11.4 Å². The van der Waals surface area contributed by atoms with Gasteiger partial charge in [-0.25, -0.2) is 0 Å². The first-order valence-corrected chi connectivity index (χ1v) is 9.54. The largest absolute Gasteiger partial charge is 0.497 e. The van der Waals surface area contributed by atoms with Crippen molar-refractivity contribution in [3.63, 3.8) is 0 Å². The van der Waals surface area contributed by atoms with Crippen LogP contribution in [0.5, 0.6) is 5.75 Å². The van der Waals surface area contributed by atoms with Crippen molar-refractivity contribution < 1.29 is 25.2 Å². The molecule has 7 heteroatoms. The number of ether oxygens (including phenoxy) is 1. The van der Waals surface area contributed by atoms with Crippen molar-refractivity contribution in [3.8, 4) is 17.0 Å².